The van der Waals surface area contributed by atoms with Gasteiger partial charge in [0.2, 0.25) is 0 Å². The first-order chi connectivity index (χ1) is 28.6. The molecule has 1 fully saturated rings. The SMILES string of the molecule is CSc1ccc(-c2ccccc2CN2CCN(c3ccc4c(NS(=O)(=O)c5ccc(NC(CCN(C)C)CSc6ccccc6)c([N+](=O)[O-])c5)ncnc4c3)CC2)cc1. The van der Waals surface area contributed by atoms with Crippen molar-refractivity contribution in [3.05, 3.63) is 137 Å². The summed E-state index contributed by atoms with van der Waals surface area (Å²) in [4.78, 5) is 29.5. The van der Waals surface area contributed by atoms with Crippen LogP contribution in [0.2, 0.25) is 0 Å². The summed E-state index contributed by atoms with van der Waals surface area (Å²) >= 11 is 3.40. The van der Waals surface area contributed by atoms with Crippen molar-refractivity contribution >= 4 is 67.3 Å². The van der Waals surface area contributed by atoms with Gasteiger partial charge in [0.1, 0.15) is 12.0 Å². The molecule has 2 N–H and O–H groups in total. The van der Waals surface area contributed by atoms with Crippen molar-refractivity contribution in [3.63, 3.8) is 0 Å². The number of aromatic nitrogens is 2. The van der Waals surface area contributed by atoms with Crippen LogP contribution >= 0.6 is 23.5 Å². The first-order valence-corrected chi connectivity index (χ1v) is 23.1. The molecule has 0 radical (unpaired) electrons. The molecule has 2 heterocycles. The molecule has 306 valence electrons. The second-order valence-corrected chi connectivity index (χ2v) is 18.3. The minimum Gasteiger partial charge on any atom is -0.376 e. The summed E-state index contributed by atoms with van der Waals surface area (Å²) in [5, 5.41) is 16.2. The van der Waals surface area contributed by atoms with Gasteiger partial charge in [0.25, 0.3) is 15.7 Å². The Hall–Kier alpha value is -5.19. The minimum atomic E-state index is -4.26. The Morgan fingerprint density at radius 2 is 1.61 bits per heavy atom. The van der Waals surface area contributed by atoms with E-state index < -0.39 is 14.9 Å². The quantitative estimate of drug-likeness (QED) is 0.0517. The van der Waals surface area contributed by atoms with Gasteiger partial charge in [-0.05, 0) is 105 Å². The molecular formula is C44H48N8O4S3. The number of sulfonamides is 1. The normalized spacial score (nSPS) is 14.1. The van der Waals surface area contributed by atoms with Gasteiger partial charge in [0.05, 0.1) is 15.3 Å². The van der Waals surface area contributed by atoms with Gasteiger partial charge in [-0.15, -0.1) is 23.5 Å². The van der Waals surface area contributed by atoms with Crippen molar-refractivity contribution in [2.75, 3.05) is 73.8 Å². The Balaban J connectivity index is 1.02. The fraction of sp³-hybridized carbons (Fsp3) is 0.273. The fourth-order valence-electron chi connectivity index (χ4n) is 7.12. The average Bonchev–Trinajstić information content (AvgIpc) is 3.25. The Morgan fingerprint density at radius 1 is 0.864 bits per heavy atom. The highest BCUT2D eigenvalue weighted by Crippen LogP contribution is 2.33. The van der Waals surface area contributed by atoms with Crippen LogP contribution in [0.1, 0.15) is 12.0 Å². The molecule has 0 spiro atoms. The molecule has 0 bridgehead atoms. The Kier molecular flexibility index (Phi) is 13.7. The van der Waals surface area contributed by atoms with E-state index in [0.717, 1.165) is 62.3 Å². The second kappa shape index (κ2) is 19.3. The molecule has 1 aliphatic heterocycles. The number of nitrogens with one attached hydrogen (secondary N) is 2. The minimum absolute atomic E-state index is 0.0969. The Labute approximate surface area is 354 Å². The number of thioether (sulfide) groups is 2. The largest absolute Gasteiger partial charge is 0.376 e. The maximum atomic E-state index is 13.8. The van der Waals surface area contributed by atoms with E-state index in [0.29, 0.717) is 16.7 Å². The van der Waals surface area contributed by atoms with E-state index in [1.165, 1.54) is 40.0 Å². The Bertz CT molecular complexity index is 2480. The molecule has 12 nitrogen and oxygen atoms in total. The van der Waals surface area contributed by atoms with Crippen LogP contribution in [0.25, 0.3) is 22.0 Å². The average molecular weight is 849 g/mol. The van der Waals surface area contributed by atoms with Crippen LogP contribution in [0.3, 0.4) is 0 Å². The summed E-state index contributed by atoms with van der Waals surface area (Å²) in [5.74, 6) is 0.762. The summed E-state index contributed by atoms with van der Waals surface area (Å²) in [7, 11) is -0.302. The number of nitro groups is 1. The molecule has 6 aromatic rings. The van der Waals surface area contributed by atoms with Crippen molar-refractivity contribution in [1.29, 1.82) is 0 Å². The van der Waals surface area contributed by atoms with Crippen LogP contribution in [-0.2, 0) is 16.6 Å². The maximum Gasteiger partial charge on any atom is 0.293 e. The monoisotopic (exact) mass is 848 g/mol. The van der Waals surface area contributed by atoms with Crippen LogP contribution in [0.4, 0.5) is 22.9 Å². The van der Waals surface area contributed by atoms with Gasteiger partial charge in [-0.2, -0.15) is 0 Å². The number of piperazine rings is 1. The zero-order chi connectivity index (χ0) is 41.4. The predicted octanol–water partition coefficient (Wildman–Crippen LogP) is 8.57. The van der Waals surface area contributed by atoms with Crippen molar-refractivity contribution in [2.24, 2.45) is 0 Å². The number of rotatable bonds is 17. The lowest BCUT2D eigenvalue weighted by molar-refractivity contribution is -0.384. The van der Waals surface area contributed by atoms with E-state index in [-0.39, 0.29) is 28.1 Å². The van der Waals surface area contributed by atoms with E-state index in [1.807, 2.05) is 62.6 Å². The van der Waals surface area contributed by atoms with E-state index >= 15 is 0 Å². The number of hydrogen-bond donors (Lipinski definition) is 2. The highest BCUT2D eigenvalue weighted by molar-refractivity contribution is 7.99. The first-order valence-electron chi connectivity index (χ1n) is 19.4. The number of anilines is 3. The molecule has 59 heavy (non-hydrogen) atoms. The number of nitrogens with zero attached hydrogens (tertiary/aromatic N) is 6. The Morgan fingerprint density at radius 3 is 2.34 bits per heavy atom. The third kappa shape index (κ3) is 10.7. The van der Waals surface area contributed by atoms with Crippen molar-refractivity contribution in [3.8, 4) is 11.1 Å². The zero-order valence-corrected chi connectivity index (χ0v) is 35.8. The van der Waals surface area contributed by atoms with Crippen molar-refractivity contribution in [1.82, 2.24) is 19.8 Å². The van der Waals surface area contributed by atoms with Gasteiger partial charge in [-0.1, -0.05) is 54.6 Å². The molecule has 5 aromatic carbocycles. The van der Waals surface area contributed by atoms with Gasteiger partial charge < -0.3 is 15.1 Å². The maximum absolute atomic E-state index is 13.8. The molecule has 0 saturated carbocycles. The number of nitro benzene ring substituents is 1. The lowest BCUT2D eigenvalue weighted by atomic mass is 9.99. The number of benzene rings is 5. The predicted molar refractivity (Wildman–Crippen MR) is 242 cm³/mol. The standard InChI is InChI=1S/C44H48N8O4S3/c1-49(2)22-21-34(30-58-37-10-5-4-6-11-37)47-41-20-18-38(28-43(41)52(53)54)59(55,56)48-44-40-19-15-35(27-42(40)45-31-46-44)51-25-23-50(24-26-51)29-33-9-7-8-12-39(33)32-13-16-36(57-3)17-14-32/h4-20,27-28,31,34,47H,21-26,29-30H2,1-3H3,(H,45,46,48). The molecule has 0 amide bonds. The van der Waals surface area contributed by atoms with Crippen molar-refractivity contribution in [2.45, 2.75) is 33.7 Å². The highest BCUT2D eigenvalue weighted by atomic mass is 32.2. The van der Waals surface area contributed by atoms with E-state index in [9.17, 15) is 18.5 Å². The molecule has 15 heteroatoms. The van der Waals surface area contributed by atoms with Gasteiger partial charge >= 0.3 is 0 Å². The first kappa shape index (κ1) is 42.0. The van der Waals surface area contributed by atoms with Crippen molar-refractivity contribution < 1.29 is 13.3 Å². The summed E-state index contributed by atoms with van der Waals surface area (Å²) in [5.41, 5.74) is 5.28. The van der Waals surface area contributed by atoms with Gasteiger partial charge in [0.15, 0.2) is 5.82 Å². The molecule has 1 saturated heterocycles. The summed E-state index contributed by atoms with van der Waals surface area (Å²) in [6.07, 6.45) is 4.14. The highest BCUT2D eigenvalue weighted by Gasteiger charge is 2.25. The molecule has 1 unspecified atom stereocenters. The fourth-order valence-corrected chi connectivity index (χ4v) is 9.57. The molecule has 1 aromatic heterocycles. The van der Waals surface area contributed by atoms with E-state index in [2.05, 4.69) is 89.5 Å². The smallest absolute Gasteiger partial charge is 0.293 e. The van der Waals surface area contributed by atoms with Crippen LogP contribution in [0.5, 0.6) is 0 Å². The molecule has 0 aliphatic carbocycles. The number of hydrogen-bond acceptors (Lipinski definition) is 12. The molecular weight excluding hydrogens is 801 g/mol. The van der Waals surface area contributed by atoms with Gasteiger partial charge in [0, 0.05) is 71.4 Å². The summed E-state index contributed by atoms with van der Waals surface area (Å²) in [6, 6.07) is 36.9. The lowest BCUT2D eigenvalue weighted by Crippen LogP contribution is -2.46. The van der Waals surface area contributed by atoms with Gasteiger partial charge in [-0.3, -0.25) is 19.7 Å². The number of fused-ring (bicyclic) bond motifs is 1. The summed E-state index contributed by atoms with van der Waals surface area (Å²) in [6.45, 7) is 5.05. The van der Waals surface area contributed by atoms with Crippen LogP contribution < -0.4 is 14.9 Å². The second-order valence-electron chi connectivity index (χ2n) is 14.7. The molecule has 7 rings (SSSR count). The summed E-state index contributed by atoms with van der Waals surface area (Å²) < 4.78 is 30.1. The lowest BCUT2D eigenvalue weighted by Gasteiger charge is -2.36. The van der Waals surface area contributed by atoms with E-state index in [1.54, 1.807) is 23.5 Å². The topological polar surface area (TPSA) is 137 Å². The van der Waals surface area contributed by atoms with Crippen LogP contribution in [0, 0.1) is 10.1 Å². The van der Waals surface area contributed by atoms with Crippen LogP contribution in [0.15, 0.2) is 136 Å². The third-order valence-electron chi connectivity index (χ3n) is 10.4. The van der Waals surface area contributed by atoms with E-state index in [4.69, 9.17) is 0 Å². The zero-order valence-electron chi connectivity index (χ0n) is 33.3. The van der Waals surface area contributed by atoms with Gasteiger partial charge in [-0.25, -0.2) is 18.4 Å². The third-order valence-corrected chi connectivity index (χ3v) is 13.6. The van der Waals surface area contributed by atoms with Crippen LogP contribution in [-0.4, -0.2) is 98.0 Å². The molecule has 1 atom stereocenters. The molecule has 1 aliphatic rings.